The van der Waals surface area contributed by atoms with E-state index in [4.69, 9.17) is 19.4 Å². The number of hydrogen-bond acceptors (Lipinski definition) is 5. The Morgan fingerprint density at radius 1 is 1.35 bits per heavy atom. The summed E-state index contributed by atoms with van der Waals surface area (Å²) >= 11 is 0. The summed E-state index contributed by atoms with van der Waals surface area (Å²) in [5.74, 6) is 1.72. The number of methoxy groups -OCH3 is 1. The van der Waals surface area contributed by atoms with Gasteiger partial charge in [0.1, 0.15) is 17.0 Å². The van der Waals surface area contributed by atoms with E-state index < -0.39 is 0 Å². The second-order valence-corrected chi connectivity index (χ2v) is 3.59. The van der Waals surface area contributed by atoms with E-state index in [2.05, 4.69) is 5.16 Å². The van der Waals surface area contributed by atoms with Crippen LogP contribution >= 0.6 is 0 Å². The van der Waals surface area contributed by atoms with Crippen LogP contribution < -0.4 is 10.5 Å². The molecule has 0 aliphatic carbocycles. The Morgan fingerprint density at radius 2 is 2.24 bits per heavy atom. The van der Waals surface area contributed by atoms with E-state index in [0.29, 0.717) is 17.2 Å². The van der Waals surface area contributed by atoms with Crippen molar-refractivity contribution in [1.82, 2.24) is 5.16 Å². The number of nitrogens with two attached hydrogens (primary N) is 1. The SMILES string of the molecule is COc1cccc2oc(-c3oncc3N)cc12. The Labute approximate surface area is 96.7 Å². The lowest BCUT2D eigenvalue weighted by molar-refractivity contribution is 0.419. The third-order valence-corrected chi connectivity index (χ3v) is 2.56. The van der Waals surface area contributed by atoms with Gasteiger partial charge in [0.15, 0.2) is 5.76 Å². The van der Waals surface area contributed by atoms with Gasteiger partial charge in [-0.3, -0.25) is 0 Å². The summed E-state index contributed by atoms with van der Waals surface area (Å²) in [6.45, 7) is 0. The number of hydrogen-bond donors (Lipinski definition) is 1. The van der Waals surface area contributed by atoms with Gasteiger partial charge in [0.25, 0.3) is 0 Å². The van der Waals surface area contributed by atoms with E-state index in [-0.39, 0.29) is 0 Å². The zero-order valence-electron chi connectivity index (χ0n) is 9.14. The van der Waals surface area contributed by atoms with Crippen LogP contribution in [-0.2, 0) is 0 Å². The summed E-state index contributed by atoms with van der Waals surface area (Å²) < 4.78 is 15.9. The summed E-state index contributed by atoms with van der Waals surface area (Å²) in [6, 6.07) is 7.41. The van der Waals surface area contributed by atoms with Crippen LogP contribution in [0, 0.1) is 0 Å². The first-order chi connectivity index (χ1) is 8.29. The molecule has 0 bridgehead atoms. The Morgan fingerprint density at radius 3 is 2.94 bits per heavy atom. The molecular weight excluding hydrogens is 220 g/mol. The molecule has 0 saturated heterocycles. The zero-order valence-corrected chi connectivity index (χ0v) is 9.14. The van der Waals surface area contributed by atoms with Crippen LogP contribution in [0.25, 0.3) is 22.5 Å². The van der Waals surface area contributed by atoms with Gasteiger partial charge in [-0.05, 0) is 18.2 Å². The number of ether oxygens (including phenoxy) is 1. The molecule has 1 aromatic carbocycles. The van der Waals surface area contributed by atoms with Gasteiger partial charge in [0.05, 0.1) is 18.7 Å². The van der Waals surface area contributed by atoms with E-state index >= 15 is 0 Å². The van der Waals surface area contributed by atoms with Gasteiger partial charge in [-0.1, -0.05) is 11.2 Å². The lowest BCUT2D eigenvalue weighted by Crippen LogP contribution is -1.82. The fourth-order valence-electron chi connectivity index (χ4n) is 1.76. The molecule has 86 valence electrons. The maximum atomic E-state index is 5.72. The maximum Gasteiger partial charge on any atom is 0.224 e. The minimum Gasteiger partial charge on any atom is -0.496 e. The molecule has 2 aromatic heterocycles. The number of rotatable bonds is 2. The molecule has 17 heavy (non-hydrogen) atoms. The highest BCUT2D eigenvalue weighted by molar-refractivity contribution is 5.88. The van der Waals surface area contributed by atoms with Crippen molar-refractivity contribution < 1.29 is 13.7 Å². The van der Waals surface area contributed by atoms with Gasteiger partial charge >= 0.3 is 0 Å². The van der Waals surface area contributed by atoms with Crippen LogP contribution in [0.15, 0.2) is 39.4 Å². The minimum atomic E-state index is 0.434. The van der Waals surface area contributed by atoms with Crippen molar-refractivity contribution in [2.45, 2.75) is 0 Å². The van der Waals surface area contributed by atoms with Gasteiger partial charge in [-0.25, -0.2) is 0 Å². The molecule has 0 spiro atoms. The highest BCUT2D eigenvalue weighted by atomic mass is 16.5. The average Bonchev–Trinajstić information content (AvgIpc) is 2.93. The normalized spacial score (nSPS) is 10.9. The lowest BCUT2D eigenvalue weighted by atomic mass is 10.2. The van der Waals surface area contributed by atoms with Gasteiger partial charge in [-0.15, -0.1) is 0 Å². The summed E-state index contributed by atoms with van der Waals surface area (Å²) in [4.78, 5) is 0. The van der Waals surface area contributed by atoms with Crippen molar-refractivity contribution in [3.05, 3.63) is 30.5 Å². The van der Waals surface area contributed by atoms with Crippen molar-refractivity contribution in [2.75, 3.05) is 12.8 Å². The highest BCUT2D eigenvalue weighted by Crippen LogP contribution is 2.35. The predicted molar refractivity (Wildman–Crippen MR) is 62.7 cm³/mol. The molecular formula is C12H10N2O3. The summed E-state index contributed by atoms with van der Waals surface area (Å²) in [5, 5.41) is 4.50. The number of benzene rings is 1. The summed E-state index contributed by atoms with van der Waals surface area (Å²) in [5.41, 5.74) is 6.88. The van der Waals surface area contributed by atoms with Crippen molar-refractivity contribution >= 4 is 16.7 Å². The average molecular weight is 230 g/mol. The minimum absolute atomic E-state index is 0.434. The molecule has 2 N–H and O–H groups in total. The molecule has 3 rings (SSSR count). The van der Waals surface area contributed by atoms with Gasteiger partial charge in [0, 0.05) is 0 Å². The van der Waals surface area contributed by atoms with Crippen molar-refractivity contribution in [1.29, 1.82) is 0 Å². The molecule has 0 aliphatic heterocycles. The van der Waals surface area contributed by atoms with Crippen LogP contribution in [0.1, 0.15) is 0 Å². The Kier molecular flexibility index (Phi) is 2.04. The molecule has 0 radical (unpaired) electrons. The number of fused-ring (bicyclic) bond motifs is 1. The fraction of sp³-hybridized carbons (Fsp3) is 0.0833. The molecule has 0 saturated carbocycles. The first kappa shape index (κ1) is 9.77. The molecule has 0 aliphatic rings. The van der Waals surface area contributed by atoms with Crippen LogP contribution in [-0.4, -0.2) is 12.3 Å². The first-order valence-corrected chi connectivity index (χ1v) is 5.06. The van der Waals surface area contributed by atoms with E-state index in [9.17, 15) is 0 Å². The van der Waals surface area contributed by atoms with Crippen LogP contribution in [0.5, 0.6) is 5.75 Å². The summed E-state index contributed by atoms with van der Waals surface area (Å²) in [6.07, 6.45) is 1.44. The fourth-order valence-corrected chi connectivity index (χ4v) is 1.76. The van der Waals surface area contributed by atoms with E-state index in [1.807, 2.05) is 24.3 Å². The zero-order chi connectivity index (χ0) is 11.8. The van der Waals surface area contributed by atoms with Crippen molar-refractivity contribution in [3.8, 4) is 17.3 Å². The number of nitrogen functional groups attached to an aromatic ring is 1. The molecule has 2 heterocycles. The Bertz CT molecular complexity index is 669. The summed E-state index contributed by atoms with van der Waals surface area (Å²) in [7, 11) is 1.62. The monoisotopic (exact) mass is 230 g/mol. The van der Waals surface area contributed by atoms with Gasteiger partial charge < -0.3 is 19.4 Å². The quantitative estimate of drug-likeness (QED) is 0.732. The van der Waals surface area contributed by atoms with Crippen molar-refractivity contribution in [3.63, 3.8) is 0 Å². The lowest BCUT2D eigenvalue weighted by Gasteiger charge is -1.98. The smallest absolute Gasteiger partial charge is 0.224 e. The standard InChI is InChI=1S/C12H10N2O3/c1-15-9-3-2-4-10-7(9)5-11(16-10)12-8(13)6-14-17-12/h2-6H,13H2,1H3. The van der Waals surface area contributed by atoms with Crippen LogP contribution in [0.3, 0.4) is 0 Å². The molecule has 0 atom stereocenters. The molecule has 0 fully saturated rings. The third kappa shape index (κ3) is 1.44. The third-order valence-electron chi connectivity index (χ3n) is 2.56. The molecule has 3 aromatic rings. The van der Waals surface area contributed by atoms with E-state index in [0.717, 1.165) is 16.7 Å². The Balaban J connectivity index is 2.24. The number of anilines is 1. The molecule has 0 unspecified atom stereocenters. The first-order valence-electron chi connectivity index (χ1n) is 5.06. The van der Waals surface area contributed by atoms with Crippen LogP contribution in [0.2, 0.25) is 0 Å². The molecule has 5 heteroatoms. The van der Waals surface area contributed by atoms with E-state index in [1.54, 1.807) is 7.11 Å². The van der Waals surface area contributed by atoms with Crippen molar-refractivity contribution in [2.24, 2.45) is 0 Å². The predicted octanol–water partition coefficient (Wildman–Crippen LogP) is 2.68. The van der Waals surface area contributed by atoms with E-state index in [1.165, 1.54) is 6.20 Å². The van der Waals surface area contributed by atoms with Gasteiger partial charge in [0.2, 0.25) is 5.76 Å². The molecule has 0 amide bonds. The Hall–Kier alpha value is -2.43. The highest BCUT2D eigenvalue weighted by Gasteiger charge is 2.15. The molecule has 5 nitrogen and oxygen atoms in total. The second-order valence-electron chi connectivity index (χ2n) is 3.59. The topological polar surface area (TPSA) is 74.4 Å². The van der Waals surface area contributed by atoms with Gasteiger partial charge in [-0.2, -0.15) is 0 Å². The largest absolute Gasteiger partial charge is 0.496 e. The maximum absolute atomic E-state index is 5.72. The number of aromatic nitrogens is 1. The van der Waals surface area contributed by atoms with Crippen LogP contribution in [0.4, 0.5) is 5.69 Å². The number of nitrogens with zero attached hydrogens (tertiary/aromatic N) is 1. The second kappa shape index (κ2) is 3.55. The number of furan rings is 1.